The van der Waals surface area contributed by atoms with Gasteiger partial charge in [0, 0.05) is 64.3 Å². The average molecular weight is 393 g/mol. The molecular formula is C20H23N7O2. The Morgan fingerprint density at radius 2 is 2.03 bits per heavy atom. The van der Waals surface area contributed by atoms with Gasteiger partial charge in [0.25, 0.3) is 11.5 Å². The summed E-state index contributed by atoms with van der Waals surface area (Å²) < 4.78 is 3.36. The monoisotopic (exact) mass is 393 g/mol. The van der Waals surface area contributed by atoms with Crippen LogP contribution in [0.25, 0.3) is 10.9 Å². The lowest BCUT2D eigenvalue weighted by Gasteiger charge is -2.26. The third-order valence-electron chi connectivity index (χ3n) is 5.99. The molecule has 150 valence electrons. The number of rotatable bonds is 2. The van der Waals surface area contributed by atoms with E-state index in [2.05, 4.69) is 20.2 Å². The van der Waals surface area contributed by atoms with Crippen molar-refractivity contribution in [3.63, 3.8) is 0 Å². The van der Waals surface area contributed by atoms with Crippen molar-refractivity contribution >= 4 is 34.3 Å². The van der Waals surface area contributed by atoms with Crippen LogP contribution >= 0.6 is 0 Å². The smallest absolute Gasteiger partial charge is 0.274 e. The molecule has 0 bridgehead atoms. The maximum Gasteiger partial charge on any atom is 0.274 e. The molecule has 0 radical (unpaired) electrons. The number of hydrogen-bond acceptors (Lipinski definition) is 6. The summed E-state index contributed by atoms with van der Waals surface area (Å²) in [6.45, 7) is 1.42. The second-order valence-corrected chi connectivity index (χ2v) is 7.71. The second-order valence-electron chi connectivity index (χ2n) is 7.71. The zero-order valence-corrected chi connectivity index (χ0v) is 16.7. The number of fused-ring (bicyclic) bond motifs is 4. The molecule has 0 aliphatic carbocycles. The van der Waals surface area contributed by atoms with Crippen molar-refractivity contribution in [3.05, 3.63) is 40.6 Å². The Bertz CT molecular complexity index is 1200. The Balaban J connectivity index is 1.70. The number of hydrogen-bond donors (Lipinski definition) is 1. The normalized spacial score (nSPS) is 18.7. The zero-order chi connectivity index (χ0) is 20.3. The van der Waals surface area contributed by atoms with Gasteiger partial charge in [0.1, 0.15) is 16.9 Å². The van der Waals surface area contributed by atoms with Crippen molar-refractivity contribution in [2.75, 3.05) is 35.3 Å². The van der Waals surface area contributed by atoms with Crippen LogP contribution in [0, 0.1) is 0 Å². The van der Waals surface area contributed by atoms with Gasteiger partial charge in [0.05, 0.1) is 5.69 Å². The highest BCUT2D eigenvalue weighted by molar-refractivity contribution is 6.13. The number of aryl methyl sites for hydroxylation is 2. The summed E-state index contributed by atoms with van der Waals surface area (Å²) in [7, 11) is 5.34. The van der Waals surface area contributed by atoms with E-state index in [-0.39, 0.29) is 17.5 Å². The van der Waals surface area contributed by atoms with E-state index in [1.807, 2.05) is 19.3 Å². The molecule has 3 aromatic heterocycles. The fraction of sp³-hybridized carbons (Fsp3) is 0.400. The summed E-state index contributed by atoms with van der Waals surface area (Å²) in [6, 6.07) is 2.08. The van der Waals surface area contributed by atoms with Gasteiger partial charge in [-0.3, -0.25) is 9.59 Å². The number of carbonyl (C=O) groups is 1. The molecular weight excluding hydrogens is 370 g/mol. The molecule has 9 nitrogen and oxygen atoms in total. The molecule has 1 saturated heterocycles. The van der Waals surface area contributed by atoms with Crippen LogP contribution in [0.1, 0.15) is 23.2 Å². The minimum Gasteiger partial charge on any atom is -0.357 e. The largest absolute Gasteiger partial charge is 0.357 e. The summed E-state index contributed by atoms with van der Waals surface area (Å²) in [4.78, 5) is 39.1. The van der Waals surface area contributed by atoms with Crippen LogP contribution in [-0.4, -0.2) is 51.2 Å². The Hall–Kier alpha value is -3.36. The molecule has 3 aromatic rings. The third-order valence-corrected chi connectivity index (χ3v) is 5.99. The van der Waals surface area contributed by atoms with Gasteiger partial charge in [-0.15, -0.1) is 0 Å². The number of aromatic nitrogens is 4. The first-order valence-electron chi connectivity index (χ1n) is 9.77. The van der Waals surface area contributed by atoms with E-state index in [1.54, 1.807) is 40.5 Å². The molecule has 1 N–H and O–H groups in total. The van der Waals surface area contributed by atoms with Crippen LogP contribution in [0.5, 0.6) is 0 Å². The fourth-order valence-electron chi connectivity index (χ4n) is 4.51. The fourth-order valence-corrected chi connectivity index (χ4v) is 4.51. The van der Waals surface area contributed by atoms with E-state index >= 15 is 0 Å². The highest BCUT2D eigenvalue weighted by Crippen LogP contribution is 2.36. The minimum atomic E-state index is -0.134. The molecule has 29 heavy (non-hydrogen) atoms. The summed E-state index contributed by atoms with van der Waals surface area (Å²) in [5.41, 5.74) is 1.76. The Morgan fingerprint density at radius 1 is 1.21 bits per heavy atom. The molecule has 0 saturated carbocycles. The summed E-state index contributed by atoms with van der Waals surface area (Å²) in [5, 5.41) is 3.74. The average Bonchev–Trinajstić information content (AvgIpc) is 3.29. The SMILES string of the molecule is CNc1ncc2c(n1)N1CCC[C@H]1CN(c1cn(C)c3c(=O)n(C)ccc13)C2=O. The topological polar surface area (TPSA) is 88.3 Å². The maximum absolute atomic E-state index is 13.6. The van der Waals surface area contributed by atoms with Gasteiger partial charge in [-0.05, 0) is 18.9 Å². The third kappa shape index (κ3) is 2.53. The zero-order valence-electron chi connectivity index (χ0n) is 16.7. The minimum absolute atomic E-state index is 0.0802. The lowest BCUT2D eigenvalue weighted by Crippen LogP contribution is -2.39. The number of carbonyl (C=O) groups excluding carboxylic acids is 1. The van der Waals surface area contributed by atoms with Crippen LogP contribution in [0.4, 0.5) is 17.5 Å². The lowest BCUT2D eigenvalue weighted by molar-refractivity contribution is 0.0988. The molecule has 0 aromatic carbocycles. The first kappa shape index (κ1) is 17.7. The Labute approximate surface area is 167 Å². The second kappa shape index (κ2) is 6.33. The van der Waals surface area contributed by atoms with E-state index in [1.165, 1.54) is 0 Å². The molecule has 0 unspecified atom stereocenters. The van der Waals surface area contributed by atoms with Gasteiger partial charge in [0.15, 0.2) is 0 Å². The van der Waals surface area contributed by atoms with E-state index in [0.717, 1.165) is 30.5 Å². The van der Waals surface area contributed by atoms with Crippen molar-refractivity contribution in [2.24, 2.45) is 14.1 Å². The van der Waals surface area contributed by atoms with Crippen LogP contribution in [-0.2, 0) is 14.1 Å². The van der Waals surface area contributed by atoms with Gasteiger partial charge in [-0.1, -0.05) is 0 Å². The number of anilines is 3. The summed E-state index contributed by atoms with van der Waals surface area (Å²) in [5.74, 6) is 1.06. The standard InChI is InChI=1S/C20H23N7O2/c1-21-20-22-9-14-17(23-20)26-7-4-5-12(26)10-27(18(14)28)15-11-25(3)16-13(15)6-8-24(2)19(16)29/h6,8-9,11-12H,4-5,7,10H2,1-3H3,(H,21,22,23)/t12-/m0/s1. The highest BCUT2D eigenvalue weighted by atomic mass is 16.2. The van der Waals surface area contributed by atoms with Crippen LogP contribution in [0.3, 0.4) is 0 Å². The highest BCUT2D eigenvalue weighted by Gasteiger charge is 2.38. The van der Waals surface area contributed by atoms with Gasteiger partial charge in [-0.2, -0.15) is 4.98 Å². The van der Waals surface area contributed by atoms with Crippen molar-refractivity contribution in [1.82, 2.24) is 19.1 Å². The molecule has 5 heterocycles. The molecule has 2 aliphatic rings. The van der Waals surface area contributed by atoms with E-state index in [0.29, 0.717) is 29.4 Å². The van der Waals surface area contributed by atoms with Crippen molar-refractivity contribution in [2.45, 2.75) is 18.9 Å². The first-order chi connectivity index (χ1) is 14.0. The summed E-state index contributed by atoms with van der Waals surface area (Å²) in [6.07, 6.45) is 7.27. The van der Waals surface area contributed by atoms with Gasteiger partial charge < -0.3 is 24.3 Å². The van der Waals surface area contributed by atoms with Crippen molar-refractivity contribution in [1.29, 1.82) is 0 Å². The predicted octanol–water partition coefficient (Wildman–Crippen LogP) is 1.34. The maximum atomic E-state index is 13.6. The molecule has 2 aliphatic heterocycles. The van der Waals surface area contributed by atoms with E-state index in [4.69, 9.17) is 0 Å². The molecule has 9 heteroatoms. The van der Waals surface area contributed by atoms with E-state index < -0.39 is 0 Å². The molecule has 0 spiro atoms. The van der Waals surface area contributed by atoms with Crippen LogP contribution < -0.4 is 20.7 Å². The Morgan fingerprint density at radius 3 is 2.83 bits per heavy atom. The van der Waals surface area contributed by atoms with Gasteiger partial charge >= 0.3 is 0 Å². The van der Waals surface area contributed by atoms with Crippen LogP contribution in [0.2, 0.25) is 0 Å². The Kier molecular flexibility index (Phi) is 3.87. The van der Waals surface area contributed by atoms with Crippen LogP contribution in [0.15, 0.2) is 29.5 Å². The van der Waals surface area contributed by atoms with Crippen molar-refractivity contribution < 1.29 is 4.79 Å². The number of nitrogens with zero attached hydrogens (tertiary/aromatic N) is 6. The quantitative estimate of drug-likeness (QED) is 0.707. The lowest BCUT2D eigenvalue weighted by atomic mass is 10.2. The number of nitrogens with one attached hydrogen (secondary N) is 1. The molecule has 5 rings (SSSR count). The van der Waals surface area contributed by atoms with Gasteiger partial charge in [-0.25, -0.2) is 4.98 Å². The van der Waals surface area contributed by atoms with E-state index in [9.17, 15) is 9.59 Å². The predicted molar refractivity (Wildman–Crippen MR) is 112 cm³/mol. The first-order valence-corrected chi connectivity index (χ1v) is 9.77. The number of amides is 1. The van der Waals surface area contributed by atoms with Gasteiger partial charge in [0.2, 0.25) is 5.95 Å². The molecule has 1 fully saturated rings. The molecule has 1 atom stereocenters. The molecule has 1 amide bonds. The van der Waals surface area contributed by atoms with Crippen molar-refractivity contribution in [3.8, 4) is 0 Å². The summed E-state index contributed by atoms with van der Waals surface area (Å²) >= 11 is 0. The number of pyridine rings is 1.